The lowest BCUT2D eigenvalue weighted by atomic mass is 9.89. The molecular formula is C17H27NO2. The smallest absolute Gasteiger partial charge is 0.122 e. The van der Waals surface area contributed by atoms with Crippen LogP contribution in [0.25, 0.3) is 0 Å². The fourth-order valence-electron chi connectivity index (χ4n) is 2.98. The molecular weight excluding hydrogens is 250 g/mol. The Hall–Kier alpha value is -1.22. The number of aryl methyl sites for hydroxylation is 1. The minimum Gasteiger partial charge on any atom is -0.496 e. The van der Waals surface area contributed by atoms with Crippen molar-refractivity contribution in [1.29, 1.82) is 0 Å². The van der Waals surface area contributed by atoms with Gasteiger partial charge in [-0.1, -0.05) is 13.3 Å². The Labute approximate surface area is 122 Å². The minimum atomic E-state index is 0.535. The van der Waals surface area contributed by atoms with Crippen molar-refractivity contribution in [1.82, 2.24) is 5.32 Å². The number of rotatable bonds is 6. The maximum atomic E-state index is 5.64. The monoisotopic (exact) mass is 277 g/mol. The zero-order chi connectivity index (χ0) is 14.4. The molecule has 1 atom stereocenters. The van der Waals surface area contributed by atoms with E-state index < -0.39 is 0 Å². The molecule has 1 N–H and O–H groups in total. The maximum Gasteiger partial charge on any atom is 0.122 e. The van der Waals surface area contributed by atoms with Gasteiger partial charge in [-0.3, -0.25) is 0 Å². The number of unbranched alkanes of at least 4 members (excludes halogenated alkanes) is 1. The summed E-state index contributed by atoms with van der Waals surface area (Å²) < 4.78 is 11.2. The fraction of sp³-hybridized carbons (Fsp3) is 0.647. The van der Waals surface area contributed by atoms with E-state index >= 15 is 0 Å². The molecule has 2 rings (SSSR count). The molecule has 1 fully saturated rings. The Morgan fingerprint density at radius 1 is 1.20 bits per heavy atom. The SMILES string of the molecule is CCCCc1cc(OC)c(C2CCCNC2)cc1OC. The number of piperidine rings is 1. The first-order valence-electron chi connectivity index (χ1n) is 7.75. The largest absolute Gasteiger partial charge is 0.496 e. The van der Waals surface area contributed by atoms with Crippen LogP contribution in [-0.2, 0) is 6.42 Å². The van der Waals surface area contributed by atoms with E-state index in [2.05, 4.69) is 24.4 Å². The third kappa shape index (κ3) is 3.45. The molecule has 1 aliphatic heterocycles. The first kappa shape index (κ1) is 15.2. The molecule has 1 aromatic rings. The normalized spacial score (nSPS) is 18.9. The Morgan fingerprint density at radius 3 is 2.60 bits per heavy atom. The van der Waals surface area contributed by atoms with E-state index in [1.165, 1.54) is 36.8 Å². The minimum absolute atomic E-state index is 0.535. The van der Waals surface area contributed by atoms with Gasteiger partial charge in [0.1, 0.15) is 11.5 Å². The van der Waals surface area contributed by atoms with Gasteiger partial charge in [0.25, 0.3) is 0 Å². The van der Waals surface area contributed by atoms with Gasteiger partial charge in [-0.05, 0) is 49.9 Å². The topological polar surface area (TPSA) is 30.5 Å². The molecule has 20 heavy (non-hydrogen) atoms. The highest BCUT2D eigenvalue weighted by Gasteiger charge is 2.21. The van der Waals surface area contributed by atoms with Gasteiger partial charge in [-0.15, -0.1) is 0 Å². The van der Waals surface area contributed by atoms with Crippen LogP contribution in [0.1, 0.15) is 49.7 Å². The van der Waals surface area contributed by atoms with E-state index in [4.69, 9.17) is 9.47 Å². The molecule has 1 unspecified atom stereocenters. The number of hydrogen-bond donors (Lipinski definition) is 1. The molecule has 0 bridgehead atoms. The summed E-state index contributed by atoms with van der Waals surface area (Å²) in [6, 6.07) is 4.37. The molecule has 0 aromatic heterocycles. The van der Waals surface area contributed by atoms with Crippen LogP contribution in [0.4, 0.5) is 0 Å². The molecule has 1 heterocycles. The Kier molecular flexibility index (Phi) is 5.72. The van der Waals surface area contributed by atoms with Crippen molar-refractivity contribution >= 4 is 0 Å². The Bertz CT molecular complexity index is 425. The average Bonchev–Trinajstić information content (AvgIpc) is 2.52. The summed E-state index contributed by atoms with van der Waals surface area (Å²) in [7, 11) is 3.53. The van der Waals surface area contributed by atoms with Crippen LogP contribution in [0, 0.1) is 0 Å². The van der Waals surface area contributed by atoms with Crippen molar-refractivity contribution in [3.63, 3.8) is 0 Å². The molecule has 0 spiro atoms. The summed E-state index contributed by atoms with van der Waals surface area (Å²) in [5.41, 5.74) is 2.55. The Morgan fingerprint density at radius 2 is 2.00 bits per heavy atom. The number of ether oxygens (including phenoxy) is 2. The molecule has 3 heteroatoms. The predicted molar refractivity (Wildman–Crippen MR) is 83.0 cm³/mol. The van der Waals surface area contributed by atoms with E-state index in [1.54, 1.807) is 14.2 Å². The van der Waals surface area contributed by atoms with Crippen LogP contribution in [0.15, 0.2) is 12.1 Å². The highest BCUT2D eigenvalue weighted by atomic mass is 16.5. The molecule has 1 aliphatic rings. The van der Waals surface area contributed by atoms with Crippen LogP contribution in [-0.4, -0.2) is 27.3 Å². The van der Waals surface area contributed by atoms with Crippen molar-refractivity contribution in [3.8, 4) is 11.5 Å². The summed E-state index contributed by atoms with van der Waals surface area (Å²) in [4.78, 5) is 0. The molecule has 3 nitrogen and oxygen atoms in total. The first-order valence-corrected chi connectivity index (χ1v) is 7.75. The highest BCUT2D eigenvalue weighted by molar-refractivity contribution is 5.48. The van der Waals surface area contributed by atoms with E-state index in [1.807, 2.05) is 0 Å². The molecule has 0 radical (unpaired) electrons. The highest BCUT2D eigenvalue weighted by Crippen LogP contribution is 2.36. The van der Waals surface area contributed by atoms with Crippen molar-refractivity contribution in [2.45, 2.75) is 44.9 Å². The summed E-state index contributed by atoms with van der Waals surface area (Å²) in [6.45, 7) is 4.38. The molecule has 0 aliphatic carbocycles. The lowest BCUT2D eigenvalue weighted by Gasteiger charge is -2.26. The quantitative estimate of drug-likeness (QED) is 0.863. The van der Waals surface area contributed by atoms with Crippen molar-refractivity contribution in [3.05, 3.63) is 23.3 Å². The van der Waals surface area contributed by atoms with E-state index in [0.29, 0.717) is 5.92 Å². The second-order valence-corrected chi connectivity index (χ2v) is 5.55. The van der Waals surface area contributed by atoms with Crippen molar-refractivity contribution < 1.29 is 9.47 Å². The molecule has 112 valence electrons. The fourth-order valence-corrected chi connectivity index (χ4v) is 2.98. The number of methoxy groups -OCH3 is 2. The molecule has 1 saturated heterocycles. The van der Waals surface area contributed by atoms with Gasteiger partial charge < -0.3 is 14.8 Å². The van der Waals surface area contributed by atoms with E-state index in [0.717, 1.165) is 31.0 Å². The second kappa shape index (κ2) is 7.53. The second-order valence-electron chi connectivity index (χ2n) is 5.55. The summed E-state index contributed by atoms with van der Waals surface area (Å²) in [5, 5.41) is 3.47. The van der Waals surface area contributed by atoms with Gasteiger partial charge in [-0.2, -0.15) is 0 Å². The number of nitrogens with one attached hydrogen (secondary N) is 1. The lowest BCUT2D eigenvalue weighted by Crippen LogP contribution is -2.28. The van der Waals surface area contributed by atoms with Crippen LogP contribution in [0.3, 0.4) is 0 Å². The van der Waals surface area contributed by atoms with Crippen LogP contribution >= 0.6 is 0 Å². The standard InChI is InChI=1S/C17H27NO2/c1-4-5-7-13-10-17(20-3)15(11-16(13)19-2)14-8-6-9-18-12-14/h10-11,14,18H,4-9,12H2,1-3H3. The zero-order valence-electron chi connectivity index (χ0n) is 13.0. The average molecular weight is 277 g/mol. The maximum absolute atomic E-state index is 5.64. The Balaban J connectivity index is 2.30. The number of benzene rings is 1. The lowest BCUT2D eigenvalue weighted by molar-refractivity contribution is 0.381. The van der Waals surface area contributed by atoms with Crippen LogP contribution in [0.2, 0.25) is 0 Å². The van der Waals surface area contributed by atoms with Gasteiger partial charge >= 0.3 is 0 Å². The van der Waals surface area contributed by atoms with Crippen molar-refractivity contribution in [2.75, 3.05) is 27.3 Å². The van der Waals surface area contributed by atoms with E-state index in [9.17, 15) is 0 Å². The van der Waals surface area contributed by atoms with Gasteiger partial charge in [0.05, 0.1) is 14.2 Å². The van der Waals surface area contributed by atoms with Gasteiger partial charge in [0.2, 0.25) is 0 Å². The van der Waals surface area contributed by atoms with Gasteiger partial charge in [0.15, 0.2) is 0 Å². The van der Waals surface area contributed by atoms with Crippen molar-refractivity contribution in [2.24, 2.45) is 0 Å². The first-order chi connectivity index (χ1) is 9.80. The molecule has 0 amide bonds. The molecule has 0 saturated carbocycles. The summed E-state index contributed by atoms with van der Waals surface area (Å²) in [5.74, 6) is 2.57. The van der Waals surface area contributed by atoms with Crippen LogP contribution < -0.4 is 14.8 Å². The number of hydrogen-bond acceptors (Lipinski definition) is 3. The summed E-state index contributed by atoms with van der Waals surface area (Å²) in [6.07, 6.45) is 5.89. The van der Waals surface area contributed by atoms with E-state index in [-0.39, 0.29) is 0 Å². The summed E-state index contributed by atoms with van der Waals surface area (Å²) >= 11 is 0. The van der Waals surface area contributed by atoms with Crippen LogP contribution in [0.5, 0.6) is 11.5 Å². The molecule has 1 aromatic carbocycles. The third-order valence-electron chi connectivity index (χ3n) is 4.17. The third-order valence-corrected chi connectivity index (χ3v) is 4.17. The van der Waals surface area contributed by atoms with Gasteiger partial charge in [0, 0.05) is 18.0 Å². The van der Waals surface area contributed by atoms with Gasteiger partial charge in [-0.25, -0.2) is 0 Å². The zero-order valence-corrected chi connectivity index (χ0v) is 13.0. The predicted octanol–water partition coefficient (Wildman–Crippen LogP) is 3.51.